The molecule has 0 spiro atoms. The molecule has 0 N–H and O–H groups in total. The number of nitrogens with zero attached hydrogens (tertiary/aromatic N) is 3. The summed E-state index contributed by atoms with van der Waals surface area (Å²) in [5, 5.41) is 19.9. The lowest BCUT2D eigenvalue weighted by atomic mass is 10.0. The predicted octanol–water partition coefficient (Wildman–Crippen LogP) is 3.34. The van der Waals surface area contributed by atoms with Crippen LogP contribution < -0.4 is 4.90 Å². The van der Waals surface area contributed by atoms with Crippen LogP contribution in [0.1, 0.15) is 5.56 Å². The lowest BCUT2D eigenvalue weighted by Crippen LogP contribution is -2.09. The van der Waals surface area contributed by atoms with Gasteiger partial charge < -0.3 is 4.90 Å². The Hall–Kier alpha value is -2.78. The quantitative estimate of drug-likeness (QED) is 0.765. The van der Waals surface area contributed by atoms with Crippen molar-refractivity contribution in [3.63, 3.8) is 0 Å². The van der Waals surface area contributed by atoms with Gasteiger partial charge in [0.1, 0.15) is 17.7 Å². The molecule has 0 heterocycles. The molecule has 0 aliphatic carbocycles. The molecule has 0 radical (unpaired) electrons. The van der Waals surface area contributed by atoms with E-state index in [4.69, 9.17) is 10.5 Å². The minimum Gasteiger partial charge on any atom is -0.377 e. The molecule has 0 atom stereocenters. The molecule has 0 aliphatic rings. The Morgan fingerprint density at radius 1 is 1.05 bits per heavy atom. The molecule has 0 saturated heterocycles. The van der Waals surface area contributed by atoms with Gasteiger partial charge in [-0.25, -0.2) is 0 Å². The zero-order valence-corrected chi connectivity index (χ0v) is 10.9. The standard InChI is InChI=1S/C16H13N3/c1-19(2)15-8-4-6-13-5-3-7-14(16(13)15)9-12(10-17)11-18/h3-9H,1-2H3. The van der Waals surface area contributed by atoms with Gasteiger partial charge >= 0.3 is 0 Å². The lowest BCUT2D eigenvalue weighted by molar-refractivity contribution is 1.14. The smallest absolute Gasteiger partial charge is 0.130 e. The maximum absolute atomic E-state index is 8.89. The topological polar surface area (TPSA) is 50.8 Å². The lowest BCUT2D eigenvalue weighted by Gasteiger charge is -2.17. The molecule has 0 fully saturated rings. The van der Waals surface area contributed by atoms with E-state index in [1.54, 1.807) is 6.08 Å². The highest BCUT2D eigenvalue weighted by Gasteiger charge is 2.07. The molecule has 0 amide bonds. The van der Waals surface area contributed by atoms with Crippen LogP contribution in [-0.2, 0) is 0 Å². The summed E-state index contributed by atoms with van der Waals surface area (Å²) in [6.45, 7) is 0. The largest absolute Gasteiger partial charge is 0.377 e. The molecule has 2 rings (SSSR count). The zero-order valence-electron chi connectivity index (χ0n) is 10.9. The van der Waals surface area contributed by atoms with Crippen LogP contribution in [-0.4, -0.2) is 14.1 Å². The van der Waals surface area contributed by atoms with Crippen LogP contribution in [0.4, 0.5) is 5.69 Å². The number of hydrogen-bond acceptors (Lipinski definition) is 3. The SMILES string of the molecule is CN(C)c1cccc2cccc(C=C(C#N)C#N)c12. The fourth-order valence-electron chi connectivity index (χ4n) is 2.09. The van der Waals surface area contributed by atoms with E-state index in [2.05, 4.69) is 0 Å². The summed E-state index contributed by atoms with van der Waals surface area (Å²) in [6, 6.07) is 15.7. The predicted molar refractivity (Wildman–Crippen MR) is 77.5 cm³/mol. The van der Waals surface area contributed by atoms with Crippen LogP contribution in [0.2, 0.25) is 0 Å². The first-order chi connectivity index (χ1) is 9.17. The summed E-state index contributed by atoms with van der Waals surface area (Å²) >= 11 is 0. The van der Waals surface area contributed by atoms with Crippen molar-refractivity contribution in [2.24, 2.45) is 0 Å². The highest BCUT2D eigenvalue weighted by molar-refractivity contribution is 6.00. The third-order valence-corrected chi connectivity index (χ3v) is 2.94. The Labute approximate surface area is 112 Å². The summed E-state index contributed by atoms with van der Waals surface area (Å²) in [5.74, 6) is 0. The monoisotopic (exact) mass is 247 g/mol. The van der Waals surface area contributed by atoms with Gasteiger partial charge in [0.15, 0.2) is 0 Å². The number of allylic oxidation sites excluding steroid dienone is 1. The molecular formula is C16H13N3. The van der Waals surface area contributed by atoms with Crippen molar-refractivity contribution >= 4 is 22.5 Å². The van der Waals surface area contributed by atoms with E-state index in [9.17, 15) is 0 Å². The van der Waals surface area contributed by atoms with Crippen molar-refractivity contribution in [1.82, 2.24) is 0 Å². The van der Waals surface area contributed by atoms with Gasteiger partial charge in [-0.2, -0.15) is 10.5 Å². The minimum atomic E-state index is 0.112. The van der Waals surface area contributed by atoms with Crippen LogP contribution in [0.15, 0.2) is 42.0 Å². The minimum absolute atomic E-state index is 0.112. The number of anilines is 1. The molecule has 0 bridgehead atoms. The third-order valence-electron chi connectivity index (χ3n) is 2.94. The summed E-state index contributed by atoms with van der Waals surface area (Å²) in [5.41, 5.74) is 2.07. The second kappa shape index (κ2) is 5.25. The Morgan fingerprint density at radius 3 is 2.26 bits per heavy atom. The van der Waals surface area contributed by atoms with Gasteiger partial charge in [0.25, 0.3) is 0 Å². The van der Waals surface area contributed by atoms with E-state index in [1.807, 2.05) is 67.5 Å². The number of rotatable bonds is 2. The first kappa shape index (κ1) is 12.7. The van der Waals surface area contributed by atoms with Crippen molar-refractivity contribution < 1.29 is 0 Å². The maximum Gasteiger partial charge on any atom is 0.130 e. The molecule has 0 aromatic heterocycles. The number of benzene rings is 2. The van der Waals surface area contributed by atoms with E-state index >= 15 is 0 Å². The first-order valence-electron chi connectivity index (χ1n) is 5.88. The van der Waals surface area contributed by atoms with Crippen LogP contribution in [0.25, 0.3) is 16.8 Å². The molecule has 2 aromatic carbocycles. The van der Waals surface area contributed by atoms with Gasteiger partial charge in [-0.15, -0.1) is 0 Å². The van der Waals surface area contributed by atoms with Crippen molar-refractivity contribution in [2.75, 3.05) is 19.0 Å². The Bertz CT molecular complexity index is 706. The van der Waals surface area contributed by atoms with Crippen LogP contribution >= 0.6 is 0 Å². The fraction of sp³-hybridized carbons (Fsp3) is 0.125. The average molecular weight is 247 g/mol. The number of hydrogen-bond donors (Lipinski definition) is 0. The van der Waals surface area contributed by atoms with Crippen LogP contribution in [0.3, 0.4) is 0 Å². The molecule has 0 saturated carbocycles. The molecule has 3 heteroatoms. The molecule has 3 nitrogen and oxygen atoms in total. The summed E-state index contributed by atoms with van der Waals surface area (Å²) in [6.07, 6.45) is 1.63. The fourth-order valence-corrected chi connectivity index (χ4v) is 2.09. The summed E-state index contributed by atoms with van der Waals surface area (Å²) in [4.78, 5) is 2.03. The Morgan fingerprint density at radius 2 is 1.68 bits per heavy atom. The van der Waals surface area contributed by atoms with Gasteiger partial charge in [-0.1, -0.05) is 30.3 Å². The zero-order chi connectivity index (χ0) is 13.8. The highest BCUT2D eigenvalue weighted by Crippen LogP contribution is 2.30. The normalized spacial score (nSPS) is 9.47. The first-order valence-corrected chi connectivity index (χ1v) is 5.88. The molecule has 19 heavy (non-hydrogen) atoms. The van der Waals surface area contributed by atoms with Crippen LogP contribution in [0, 0.1) is 22.7 Å². The van der Waals surface area contributed by atoms with Crippen molar-refractivity contribution in [2.45, 2.75) is 0 Å². The van der Waals surface area contributed by atoms with E-state index in [1.165, 1.54) is 0 Å². The van der Waals surface area contributed by atoms with E-state index in [0.717, 1.165) is 22.0 Å². The second-order valence-electron chi connectivity index (χ2n) is 4.40. The van der Waals surface area contributed by atoms with Crippen molar-refractivity contribution in [3.05, 3.63) is 47.5 Å². The molecule has 2 aromatic rings. The van der Waals surface area contributed by atoms with E-state index in [0.29, 0.717) is 0 Å². The van der Waals surface area contributed by atoms with Crippen molar-refractivity contribution in [1.29, 1.82) is 10.5 Å². The maximum atomic E-state index is 8.89. The summed E-state index contributed by atoms with van der Waals surface area (Å²) in [7, 11) is 3.95. The van der Waals surface area contributed by atoms with Gasteiger partial charge in [0.2, 0.25) is 0 Å². The van der Waals surface area contributed by atoms with E-state index < -0.39 is 0 Å². The van der Waals surface area contributed by atoms with Gasteiger partial charge in [0.05, 0.1) is 0 Å². The van der Waals surface area contributed by atoms with Gasteiger partial charge in [-0.3, -0.25) is 0 Å². The second-order valence-corrected chi connectivity index (χ2v) is 4.40. The average Bonchev–Trinajstić information content (AvgIpc) is 2.44. The van der Waals surface area contributed by atoms with Gasteiger partial charge in [-0.05, 0) is 23.1 Å². The number of nitriles is 2. The van der Waals surface area contributed by atoms with Crippen LogP contribution in [0.5, 0.6) is 0 Å². The number of fused-ring (bicyclic) bond motifs is 1. The summed E-state index contributed by atoms with van der Waals surface area (Å²) < 4.78 is 0. The van der Waals surface area contributed by atoms with E-state index in [-0.39, 0.29) is 5.57 Å². The van der Waals surface area contributed by atoms with Gasteiger partial charge in [0, 0.05) is 25.2 Å². The van der Waals surface area contributed by atoms with Crippen molar-refractivity contribution in [3.8, 4) is 12.1 Å². The molecule has 0 aliphatic heterocycles. The molecule has 0 unspecified atom stereocenters. The Balaban J connectivity index is 2.80. The molecule has 92 valence electrons. The Kier molecular flexibility index (Phi) is 3.50. The highest BCUT2D eigenvalue weighted by atomic mass is 15.1. The third kappa shape index (κ3) is 2.41. The molecular weight excluding hydrogens is 234 g/mol.